The van der Waals surface area contributed by atoms with E-state index in [1.165, 1.54) is 23.5 Å². The van der Waals surface area contributed by atoms with Gasteiger partial charge in [-0.25, -0.2) is 9.37 Å². The number of fused-ring (bicyclic) bond motifs is 1. The number of hydrogen-bond donors (Lipinski definition) is 0. The second kappa shape index (κ2) is 5.74. The average Bonchev–Trinajstić information content (AvgIpc) is 3.23. The first-order valence-corrected chi connectivity index (χ1v) is 8.48. The van der Waals surface area contributed by atoms with Gasteiger partial charge >= 0.3 is 0 Å². The first kappa shape index (κ1) is 14.3. The Balaban J connectivity index is 1.70. The van der Waals surface area contributed by atoms with Crippen molar-refractivity contribution in [1.82, 2.24) is 9.88 Å². The van der Waals surface area contributed by atoms with Crippen molar-refractivity contribution in [2.24, 2.45) is 0 Å². The minimum atomic E-state index is -0.259. The average molecular weight is 326 g/mol. The second-order valence-electron chi connectivity index (χ2n) is 5.71. The summed E-state index contributed by atoms with van der Waals surface area (Å²) in [4.78, 5) is 19.0. The SMILES string of the molecule is O=C(c1cccc(-c2nc3ccc(F)cc3s2)c1)N1CCCC1. The highest BCUT2D eigenvalue weighted by Crippen LogP contribution is 2.31. The Morgan fingerprint density at radius 2 is 1.96 bits per heavy atom. The Kier molecular flexibility index (Phi) is 3.58. The highest BCUT2D eigenvalue weighted by molar-refractivity contribution is 7.21. The molecule has 1 fully saturated rings. The van der Waals surface area contributed by atoms with Crippen LogP contribution in [0.2, 0.25) is 0 Å². The van der Waals surface area contributed by atoms with E-state index in [1.54, 1.807) is 6.07 Å². The fourth-order valence-corrected chi connectivity index (χ4v) is 3.90. The number of nitrogens with zero attached hydrogens (tertiary/aromatic N) is 2. The maximum absolute atomic E-state index is 13.3. The Morgan fingerprint density at radius 3 is 2.78 bits per heavy atom. The van der Waals surface area contributed by atoms with Crippen LogP contribution in [0.4, 0.5) is 4.39 Å². The normalized spacial score (nSPS) is 14.6. The molecular weight excluding hydrogens is 311 g/mol. The van der Waals surface area contributed by atoms with Gasteiger partial charge in [0.2, 0.25) is 0 Å². The predicted molar refractivity (Wildman–Crippen MR) is 90.2 cm³/mol. The van der Waals surface area contributed by atoms with Crippen LogP contribution in [-0.2, 0) is 0 Å². The number of hydrogen-bond acceptors (Lipinski definition) is 3. The van der Waals surface area contributed by atoms with Crippen molar-refractivity contribution in [3.05, 3.63) is 53.8 Å². The number of amides is 1. The zero-order chi connectivity index (χ0) is 15.8. The molecule has 3 nitrogen and oxygen atoms in total. The van der Waals surface area contributed by atoms with Gasteiger partial charge in [-0.05, 0) is 43.2 Å². The molecule has 2 aromatic carbocycles. The molecule has 4 rings (SSSR count). The van der Waals surface area contributed by atoms with Gasteiger partial charge in [-0.1, -0.05) is 12.1 Å². The monoisotopic (exact) mass is 326 g/mol. The first-order valence-electron chi connectivity index (χ1n) is 7.66. The van der Waals surface area contributed by atoms with Crippen molar-refractivity contribution < 1.29 is 9.18 Å². The van der Waals surface area contributed by atoms with Crippen LogP contribution in [0.1, 0.15) is 23.2 Å². The molecule has 0 radical (unpaired) electrons. The maximum Gasteiger partial charge on any atom is 0.253 e. The van der Waals surface area contributed by atoms with Crippen LogP contribution in [0.5, 0.6) is 0 Å². The smallest absolute Gasteiger partial charge is 0.253 e. The van der Waals surface area contributed by atoms with Crippen molar-refractivity contribution >= 4 is 27.5 Å². The molecule has 1 amide bonds. The molecule has 5 heteroatoms. The van der Waals surface area contributed by atoms with Crippen molar-refractivity contribution in [2.45, 2.75) is 12.8 Å². The zero-order valence-corrected chi connectivity index (χ0v) is 13.3. The Hall–Kier alpha value is -2.27. The lowest BCUT2D eigenvalue weighted by Crippen LogP contribution is -2.27. The molecule has 1 saturated heterocycles. The third-order valence-electron chi connectivity index (χ3n) is 4.10. The number of benzene rings is 2. The van der Waals surface area contributed by atoms with Gasteiger partial charge in [0.05, 0.1) is 10.2 Å². The molecule has 0 spiro atoms. The van der Waals surface area contributed by atoms with Crippen molar-refractivity contribution in [2.75, 3.05) is 13.1 Å². The van der Waals surface area contributed by atoms with Crippen LogP contribution in [0.3, 0.4) is 0 Å². The van der Waals surface area contributed by atoms with Gasteiger partial charge in [0.15, 0.2) is 0 Å². The molecule has 0 saturated carbocycles. The van der Waals surface area contributed by atoms with E-state index in [4.69, 9.17) is 0 Å². The summed E-state index contributed by atoms with van der Waals surface area (Å²) in [5.74, 6) is -0.179. The molecule has 2 heterocycles. The van der Waals surface area contributed by atoms with Crippen LogP contribution < -0.4 is 0 Å². The van der Waals surface area contributed by atoms with Crippen molar-refractivity contribution in [1.29, 1.82) is 0 Å². The molecule has 1 aliphatic heterocycles. The number of halogens is 1. The van der Waals surface area contributed by atoms with E-state index in [2.05, 4.69) is 4.98 Å². The molecule has 1 aromatic heterocycles. The minimum Gasteiger partial charge on any atom is -0.339 e. The Morgan fingerprint density at radius 1 is 1.13 bits per heavy atom. The summed E-state index contributed by atoms with van der Waals surface area (Å²) in [5.41, 5.74) is 2.37. The van der Waals surface area contributed by atoms with Gasteiger partial charge in [0.1, 0.15) is 10.8 Å². The highest BCUT2D eigenvalue weighted by Gasteiger charge is 2.20. The molecule has 0 bridgehead atoms. The van der Waals surface area contributed by atoms with E-state index in [0.29, 0.717) is 5.56 Å². The van der Waals surface area contributed by atoms with E-state index in [1.807, 2.05) is 29.2 Å². The quantitative estimate of drug-likeness (QED) is 0.702. The Bertz CT molecular complexity index is 884. The fourth-order valence-electron chi connectivity index (χ4n) is 2.91. The summed E-state index contributed by atoms with van der Waals surface area (Å²) in [5, 5.41) is 0.807. The number of thiazole rings is 1. The van der Waals surface area contributed by atoms with E-state index < -0.39 is 0 Å². The standard InChI is InChI=1S/C18H15FN2OS/c19-14-6-7-15-16(11-14)23-17(20-15)12-4-3-5-13(10-12)18(22)21-8-1-2-9-21/h3-7,10-11H,1-2,8-9H2. The highest BCUT2D eigenvalue weighted by atomic mass is 32.1. The molecule has 3 aromatic rings. The van der Waals surface area contributed by atoms with Gasteiger partial charge in [-0.2, -0.15) is 0 Å². The van der Waals surface area contributed by atoms with Crippen molar-refractivity contribution in [3.63, 3.8) is 0 Å². The van der Waals surface area contributed by atoms with Crippen LogP contribution in [0.15, 0.2) is 42.5 Å². The largest absolute Gasteiger partial charge is 0.339 e. The zero-order valence-electron chi connectivity index (χ0n) is 12.5. The summed E-state index contributed by atoms with van der Waals surface area (Å²) in [7, 11) is 0. The molecule has 0 atom stereocenters. The fraction of sp³-hybridized carbons (Fsp3) is 0.222. The predicted octanol–water partition coefficient (Wildman–Crippen LogP) is 4.34. The van der Waals surface area contributed by atoms with E-state index in [9.17, 15) is 9.18 Å². The minimum absolute atomic E-state index is 0.0801. The van der Waals surface area contributed by atoms with Gasteiger partial charge in [0.25, 0.3) is 5.91 Å². The topological polar surface area (TPSA) is 33.2 Å². The van der Waals surface area contributed by atoms with E-state index >= 15 is 0 Å². The second-order valence-corrected chi connectivity index (χ2v) is 6.74. The molecule has 0 unspecified atom stereocenters. The van der Waals surface area contributed by atoms with Crippen LogP contribution in [0, 0.1) is 5.82 Å². The molecule has 23 heavy (non-hydrogen) atoms. The summed E-state index contributed by atoms with van der Waals surface area (Å²) < 4.78 is 14.1. The van der Waals surface area contributed by atoms with Crippen LogP contribution in [0.25, 0.3) is 20.8 Å². The molecular formula is C18H15FN2OS. The lowest BCUT2D eigenvalue weighted by Gasteiger charge is -2.15. The van der Waals surface area contributed by atoms with Gasteiger partial charge in [-0.15, -0.1) is 11.3 Å². The summed E-state index contributed by atoms with van der Waals surface area (Å²) in [6.45, 7) is 1.67. The Labute approximate surface area is 137 Å². The molecule has 116 valence electrons. The van der Waals surface area contributed by atoms with Gasteiger partial charge < -0.3 is 4.90 Å². The third-order valence-corrected chi connectivity index (χ3v) is 5.17. The number of rotatable bonds is 2. The lowest BCUT2D eigenvalue weighted by atomic mass is 10.1. The summed E-state index contributed by atoms with van der Waals surface area (Å²) >= 11 is 1.44. The number of likely N-dealkylation sites (tertiary alicyclic amines) is 1. The van der Waals surface area contributed by atoms with Gasteiger partial charge in [0, 0.05) is 24.2 Å². The van der Waals surface area contributed by atoms with Gasteiger partial charge in [-0.3, -0.25) is 4.79 Å². The first-order chi connectivity index (χ1) is 11.2. The van der Waals surface area contributed by atoms with Crippen molar-refractivity contribution in [3.8, 4) is 10.6 Å². The van der Waals surface area contributed by atoms with E-state index in [-0.39, 0.29) is 11.7 Å². The van der Waals surface area contributed by atoms with E-state index in [0.717, 1.165) is 46.7 Å². The molecule has 0 aliphatic carbocycles. The number of aromatic nitrogens is 1. The number of carbonyl (C=O) groups excluding carboxylic acids is 1. The summed E-state index contributed by atoms with van der Waals surface area (Å²) in [6.07, 6.45) is 2.16. The molecule has 1 aliphatic rings. The third kappa shape index (κ3) is 2.72. The molecule has 0 N–H and O–H groups in total. The summed E-state index contributed by atoms with van der Waals surface area (Å²) in [6, 6.07) is 12.1. The van der Waals surface area contributed by atoms with Crippen LogP contribution in [-0.4, -0.2) is 28.9 Å². The maximum atomic E-state index is 13.3. The number of carbonyl (C=O) groups is 1. The lowest BCUT2D eigenvalue weighted by molar-refractivity contribution is 0.0793. The van der Waals surface area contributed by atoms with Crippen LogP contribution >= 0.6 is 11.3 Å².